The molecule has 9 nitrogen and oxygen atoms in total. The van der Waals surface area contributed by atoms with Gasteiger partial charge in [0.25, 0.3) is 0 Å². The lowest BCUT2D eigenvalue weighted by atomic mass is 10.1. The molecule has 0 aliphatic rings. The molecule has 0 fully saturated rings. The van der Waals surface area contributed by atoms with E-state index in [2.05, 4.69) is 0 Å². The van der Waals surface area contributed by atoms with Crippen molar-refractivity contribution in [3.05, 3.63) is 83.4 Å². The van der Waals surface area contributed by atoms with Crippen molar-refractivity contribution in [3.8, 4) is 11.5 Å². The zero-order chi connectivity index (χ0) is 22.8. The van der Waals surface area contributed by atoms with Gasteiger partial charge in [-0.05, 0) is 66.2 Å². The minimum absolute atomic E-state index is 0.0329. The predicted octanol–water partition coefficient (Wildman–Crippen LogP) is -0.598. The van der Waals surface area contributed by atoms with Gasteiger partial charge in [-0.3, -0.25) is 0 Å². The van der Waals surface area contributed by atoms with Crippen molar-refractivity contribution < 1.29 is 42.9 Å². The van der Waals surface area contributed by atoms with Crippen LogP contribution in [0.3, 0.4) is 0 Å². The van der Waals surface area contributed by atoms with Crippen LogP contribution in [0.4, 0.5) is 0 Å². The largest absolute Gasteiger partial charge is 0.545 e. The topological polar surface area (TPSA) is 164 Å². The monoisotopic (exact) mass is 439 g/mol. The van der Waals surface area contributed by atoms with Gasteiger partial charge in [0.1, 0.15) is 11.5 Å². The normalized spacial score (nSPS) is 11.0. The van der Waals surface area contributed by atoms with Gasteiger partial charge in [0.05, 0.1) is 27.7 Å². The van der Waals surface area contributed by atoms with Crippen LogP contribution in [0.2, 0.25) is 0 Å². The molecular formula is C21H11O9S-3. The highest BCUT2D eigenvalue weighted by molar-refractivity contribution is 7.91. The molecule has 0 atom stereocenters. The summed E-state index contributed by atoms with van der Waals surface area (Å²) in [5, 5.41) is 32.9. The van der Waals surface area contributed by atoms with E-state index in [0.29, 0.717) is 11.8 Å². The number of carboxylic acids is 3. The van der Waals surface area contributed by atoms with E-state index >= 15 is 0 Å². The number of aromatic carboxylic acids is 3. The first-order valence-corrected chi connectivity index (χ1v) is 9.99. The maximum absolute atomic E-state index is 12.8. The first-order valence-electron chi connectivity index (χ1n) is 8.51. The van der Waals surface area contributed by atoms with Crippen molar-refractivity contribution in [2.24, 2.45) is 0 Å². The third-order valence-corrected chi connectivity index (χ3v) is 5.97. The van der Waals surface area contributed by atoms with Gasteiger partial charge in [0.15, 0.2) is 0 Å². The van der Waals surface area contributed by atoms with E-state index in [9.17, 15) is 38.1 Å². The molecule has 0 aliphatic heterocycles. The van der Waals surface area contributed by atoms with E-state index in [-0.39, 0.29) is 16.2 Å². The summed E-state index contributed by atoms with van der Waals surface area (Å²) in [5.41, 5.74) is -1.55. The molecule has 0 aliphatic carbocycles. The molecule has 31 heavy (non-hydrogen) atoms. The van der Waals surface area contributed by atoms with Gasteiger partial charge in [-0.1, -0.05) is 6.07 Å². The summed E-state index contributed by atoms with van der Waals surface area (Å²) in [6, 6.07) is 13.0. The zero-order valence-corrected chi connectivity index (χ0v) is 16.2. The summed E-state index contributed by atoms with van der Waals surface area (Å²) < 4.78 is 31.1. The van der Waals surface area contributed by atoms with Crippen LogP contribution in [0.5, 0.6) is 11.5 Å². The van der Waals surface area contributed by atoms with Gasteiger partial charge in [-0.15, -0.1) is 0 Å². The maximum atomic E-state index is 12.8. The molecule has 3 aromatic carbocycles. The fourth-order valence-corrected chi connectivity index (χ4v) is 3.94. The molecule has 0 amide bonds. The lowest BCUT2D eigenvalue weighted by molar-refractivity contribution is -0.259. The molecule has 10 heteroatoms. The summed E-state index contributed by atoms with van der Waals surface area (Å²) in [6.07, 6.45) is 0. The van der Waals surface area contributed by atoms with Crippen molar-refractivity contribution in [1.82, 2.24) is 0 Å². The minimum Gasteiger partial charge on any atom is -0.545 e. The highest BCUT2D eigenvalue weighted by Gasteiger charge is 2.20. The van der Waals surface area contributed by atoms with Crippen LogP contribution < -0.4 is 20.1 Å². The number of rotatable bonds is 7. The lowest BCUT2D eigenvalue weighted by Gasteiger charge is -2.14. The Labute approximate surface area is 175 Å². The molecule has 0 N–H and O–H groups in total. The van der Waals surface area contributed by atoms with Gasteiger partial charge in [0.2, 0.25) is 9.84 Å². The second-order valence-corrected chi connectivity index (χ2v) is 8.12. The first kappa shape index (κ1) is 21.5. The molecule has 3 aromatic rings. The van der Waals surface area contributed by atoms with E-state index in [1.54, 1.807) is 0 Å². The second-order valence-electron chi connectivity index (χ2n) is 6.17. The van der Waals surface area contributed by atoms with Crippen LogP contribution in [-0.4, -0.2) is 26.3 Å². The Morgan fingerprint density at radius 3 is 1.58 bits per heavy atom. The molecule has 0 aromatic heterocycles. The van der Waals surface area contributed by atoms with Crippen LogP contribution in [0.1, 0.15) is 31.1 Å². The molecule has 0 saturated heterocycles. The molecule has 3 rings (SSSR count). The van der Waals surface area contributed by atoms with Gasteiger partial charge >= 0.3 is 0 Å². The molecule has 0 radical (unpaired) electrons. The summed E-state index contributed by atoms with van der Waals surface area (Å²) in [4.78, 5) is 32.3. The van der Waals surface area contributed by atoms with E-state index in [1.165, 1.54) is 48.5 Å². The Balaban J connectivity index is 1.87. The number of carboxylic acid groups (broad SMARTS) is 3. The quantitative estimate of drug-likeness (QED) is 0.467. The van der Waals surface area contributed by atoms with E-state index in [0.717, 1.165) is 12.1 Å². The van der Waals surface area contributed by atoms with Gasteiger partial charge in [-0.25, -0.2) is 8.42 Å². The minimum atomic E-state index is -4.17. The van der Waals surface area contributed by atoms with Crippen molar-refractivity contribution in [3.63, 3.8) is 0 Å². The molecule has 0 spiro atoms. The zero-order valence-electron chi connectivity index (χ0n) is 15.4. The number of carbonyl (C=O) groups excluding carboxylic acids is 3. The molecule has 0 heterocycles. The van der Waals surface area contributed by atoms with Crippen LogP contribution in [0.15, 0.2) is 76.5 Å². The van der Waals surface area contributed by atoms with E-state index < -0.39 is 43.8 Å². The average molecular weight is 439 g/mol. The SMILES string of the molecule is O=C([O-])c1ccc(Oc2ccc(S(=O)(=O)c3ccc(C(=O)[O-])c(C(=O)[O-])c3)cc2)cc1. The van der Waals surface area contributed by atoms with Crippen LogP contribution >= 0.6 is 0 Å². The number of ether oxygens (including phenoxy) is 1. The number of carbonyl (C=O) groups is 3. The Kier molecular flexibility index (Phi) is 5.75. The Bertz CT molecular complexity index is 1280. The summed E-state index contributed by atoms with van der Waals surface area (Å²) in [7, 11) is -4.17. The van der Waals surface area contributed by atoms with Crippen LogP contribution in [0, 0.1) is 0 Å². The number of sulfone groups is 1. The molecule has 0 bridgehead atoms. The van der Waals surface area contributed by atoms with Gasteiger partial charge < -0.3 is 34.4 Å². The Hall–Kier alpha value is -4.18. The van der Waals surface area contributed by atoms with Crippen molar-refractivity contribution >= 4 is 27.7 Å². The number of benzene rings is 3. The smallest absolute Gasteiger partial charge is 0.206 e. The lowest BCUT2D eigenvalue weighted by Crippen LogP contribution is -2.30. The molecular weight excluding hydrogens is 428 g/mol. The predicted molar refractivity (Wildman–Crippen MR) is 97.8 cm³/mol. The van der Waals surface area contributed by atoms with Crippen molar-refractivity contribution in [2.45, 2.75) is 9.79 Å². The second kappa shape index (κ2) is 8.28. The van der Waals surface area contributed by atoms with Gasteiger partial charge in [0, 0.05) is 11.1 Å². The van der Waals surface area contributed by atoms with E-state index in [1.807, 2.05) is 0 Å². The Morgan fingerprint density at radius 2 is 1.10 bits per heavy atom. The summed E-state index contributed by atoms with van der Waals surface area (Å²) >= 11 is 0. The summed E-state index contributed by atoms with van der Waals surface area (Å²) in [5.74, 6) is -4.42. The highest BCUT2D eigenvalue weighted by Crippen LogP contribution is 2.27. The highest BCUT2D eigenvalue weighted by atomic mass is 32.2. The fourth-order valence-electron chi connectivity index (χ4n) is 2.66. The van der Waals surface area contributed by atoms with Gasteiger partial charge in [-0.2, -0.15) is 0 Å². The Morgan fingerprint density at radius 1 is 0.613 bits per heavy atom. The van der Waals surface area contributed by atoms with Crippen LogP contribution in [-0.2, 0) is 9.84 Å². The molecule has 0 saturated carbocycles. The number of hydrogen-bond acceptors (Lipinski definition) is 9. The van der Waals surface area contributed by atoms with E-state index in [4.69, 9.17) is 4.74 Å². The van der Waals surface area contributed by atoms with Crippen molar-refractivity contribution in [1.29, 1.82) is 0 Å². The third kappa shape index (κ3) is 4.54. The number of hydrogen-bond donors (Lipinski definition) is 0. The first-order chi connectivity index (χ1) is 14.6. The third-order valence-electron chi connectivity index (χ3n) is 4.20. The molecule has 158 valence electrons. The average Bonchev–Trinajstić information content (AvgIpc) is 2.74. The molecule has 0 unspecified atom stereocenters. The van der Waals surface area contributed by atoms with Crippen molar-refractivity contribution in [2.75, 3.05) is 0 Å². The summed E-state index contributed by atoms with van der Waals surface area (Å²) in [6.45, 7) is 0. The maximum Gasteiger partial charge on any atom is 0.206 e. The standard InChI is InChI=1S/C21H14O9S/c22-19(23)12-1-3-13(4-2-12)30-14-5-7-15(8-6-14)31(28,29)16-9-10-17(20(24)25)18(11-16)21(26)27/h1-11H,(H,22,23)(H,24,25)(H,26,27)/p-3. The fraction of sp³-hybridized carbons (Fsp3) is 0. The van der Waals surface area contributed by atoms with Crippen LogP contribution in [0.25, 0.3) is 0 Å².